The predicted molar refractivity (Wildman–Crippen MR) is 70.9 cm³/mol. The second-order valence-corrected chi connectivity index (χ2v) is 5.96. The van der Waals surface area contributed by atoms with Gasteiger partial charge in [-0.15, -0.1) is 0 Å². The minimum absolute atomic E-state index is 0.0236. The van der Waals surface area contributed by atoms with Crippen LogP contribution in [0.25, 0.3) is 0 Å². The maximum atomic E-state index is 11.9. The maximum Gasteiger partial charge on any atom is 0.220 e. The van der Waals surface area contributed by atoms with Gasteiger partial charge in [0.1, 0.15) is 5.75 Å². The molecule has 0 unspecified atom stereocenters. The summed E-state index contributed by atoms with van der Waals surface area (Å²) in [5.41, 5.74) is 5.97. The van der Waals surface area contributed by atoms with Crippen molar-refractivity contribution in [2.45, 2.75) is 13.5 Å². The van der Waals surface area contributed by atoms with E-state index in [0.717, 1.165) is 0 Å². The highest BCUT2D eigenvalue weighted by atomic mass is 32.2. The van der Waals surface area contributed by atoms with Gasteiger partial charge in [-0.2, -0.15) is 4.31 Å². The molecule has 0 aliphatic carbocycles. The lowest BCUT2D eigenvalue weighted by atomic mass is 10.3. The van der Waals surface area contributed by atoms with Gasteiger partial charge in [-0.05, 0) is 12.1 Å². The van der Waals surface area contributed by atoms with Crippen molar-refractivity contribution in [3.63, 3.8) is 0 Å². The first-order valence-electron chi connectivity index (χ1n) is 5.11. The lowest BCUT2D eigenvalue weighted by molar-refractivity contribution is 0.422. The van der Waals surface area contributed by atoms with Gasteiger partial charge in [0.25, 0.3) is 0 Å². The fourth-order valence-corrected chi connectivity index (χ4v) is 3.06. The third kappa shape index (κ3) is 4.37. The Kier molecular flexibility index (Phi) is 4.98. The Morgan fingerprint density at radius 1 is 1.53 bits per heavy atom. The Labute approximate surface area is 107 Å². The number of sulfonamides is 1. The average Bonchev–Trinajstić information content (AvgIpc) is 2.25. The minimum atomic E-state index is -3.44. The first-order valence-corrected chi connectivity index (χ1v) is 7.13. The Bertz CT molecular complexity index is 474. The van der Waals surface area contributed by atoms with Gasteiger partial charge in [0.05, 0.1) is 17.2 Å². The van der Waals surface area contributed by atoms with Crippen LogP contribution in [0.3, 0.4) is 0 Å². The Morgan fingerprint density at radius 2 is 2.24 bits per heavy atom. The molecule has 1 aromatic rings. The molecular formula is C10H15N3O2S2. The molecule has 0 bridgehead atoms. The molecule has 17 heavy (non-hydrogen) atoms. The van der Waals surface area contributed by atoms with E-state index in [-0.39, 0.29) is 17.3 Å². The molecule has 1 heterocycles. The van der Waals surface area contributed by atoms with E-state index < -0.39 is 10.0 Å². The van der Waals surface area contributed by atoms with Crippen LogP contribution in [-0.2, 0) is 16.6 Å². The predicted octanol–water partition coefficient (Wildman–Crippen LogP) is 0.519. The van der Waals surface area contributed by atoms with Gasteiger partial charge >= 0.3 is 0 Å². The zero-order chi connectivity index (χ0) is 12.9. The quantitative estimate of drug-likeness (QED) is 0.765. The van der Waals surface area contributed by atoms with Crippen LogP contribution in [0, 0.1) is 0 Å². The average molecular weight is 273 g/mol. The summed E-state index contributed by atoms with van der Waals surface area (Å²) >= 11 is 4.63. The number of aromatic nitrogens is 1. The van der Waals surface area contributed by atoms with Gasteiger partial charge in [-0.3, -0.25) is 4.98 Å². The van der Waals surface area contributed by atoms with E-state index in [2.05, 4.69) is 17.2 Å². The summed E-state index contributed by atoms with van der Waals surface area (Å²) in [6.07, 6.45) is 1.63. The molecule has 0 radical (unpaired) electrons. The molecule has 7 heteroatoms. The summed E-state index contributed by atoms with van der Waals surface area (Å²) in [7, 11) is -3.44. The lowest BCUT2D eigenvalue weighted by Crippen LogP contribution is -2.36. The van der Waals surface area contributed by atoms with Crippen molar-refractivity contribution in [1.82, 2.24) is 9.29 Å². The zero-order valence-corrected chi connectivity index (χ0v) is 11.2. The van der Waals surface area contributed by atoms with E-state index in [1.165, 1.54) is 4.31 Å². The molecule has 2 N–H and O–H groups in total. The standard InChI is InChI=1S/C10H15N3O2S2/c1-2-13(17(14,15)8-10(11)16)7-9-5-3-4-6-12-9/h3-6H,2,7-8H2,1H3,(H2,11,16). The van der Waals surface area contributed by atoms with Gasteiger partial charge in [-0.1, -0.05) is 25.2 Å². The van der Waals surface area contributed by atoms with E-state index in [1.807, 2.05) is 6.07 Å². The fraction of sp³-hybridized carbons (Fsp3) is 0.400. The van der Waals surface area contributed by atoms with E-state index in [1.54, 1.807) is 25.3 Å². The summed E-state index contributed by atoms with van der Waals surface area (Å²) in [6, 6.07) is 5.37. The molecule has 0 fully saturated rings. The van der Waals surface area contributed by atoms with Crippen molar-refractivity contribution in [3.8, 4) is 0 Å². The van der Waals surface area contributed by atoms with Crippen molar-refractivity contribution >= 4 is 27.2 Å². The van der Waals surface area contributed by atoms with Crippen LogP contribution in [0.2, 0.25) is 0 Å². The fourth-order valence-electron chi connectivity index (χ4n) is 1.35. The van der Waals surface area contributed by atoms with Crippen LogP contribution in [0.15, 0.2) is 24.4 Å². The van der Waals surface area contributed by atoms with Gasteiger partial charge < -0.3 is 5.73 Å². The molecule has 5 nitrogen and oxygen atoms in total. The minimum Gasteiger partial charge on any atom is -0.392 e. The molecule has 0 aliphatic rings. The smallest absolute Gasteiger partial charge is 0.220 e. The van der Waals surface area contributed by atoms with E-state index in [4.69, 9.17) is 5.73 Å². The van der Waals surface area contributed by atoms with Crippen molar-refractivity contribution in [3.05, 3.63) is 30.1 Å². The largest absolute Gasteiger partial charge is 0.392 e. The number of nitrogens with zero attached hydrogens (tertiary/aromatic N) is 2. The highest BCUT2D eigenvalue weighted by Crippen LogP contribution is 2.07. The third-order valence-corrected chi connectivity index (χ3v) is 4.31. The number of nitrogens with two attached hydrogens (primary N) is 1. The summed E-state index contributed by atoms with van der Waals surface area (Å²) in [5, 5.41) is 0. The molecule has 1 rings (SSSR count). The van der Waals surface area contributed by atoms with Crippen molar-refractivity contribution in [2.24, 2.45) is 5.73 Å². The van der Waals surface area contributed by atoms with E-state index >= 15 is 0 Å². The third-order valence-electron chi connectivity index (χ3n) is 2.14. The van der Waals surface area contributed by atoms with Crippen molar-refractivity contribution < 1.29 is 8.42 Å². The molecule has 1 aromatic heterocycles. The van der Waals surface area contributed by atoms with Crippen LogP contribution < -0.4 is 5.73 Å². The molecule has 0 aromatic carbocycles. The Morgan fingerprint density at radius 3 is 2.71 bits per heavy atom. The monoisotopic (exact) mass is 273 g/mol. The van der Waals surface area contributed by atoms with E-state index in [0.29, 0.717) is 12.2 Å². The van der Waals surface area contributed by atoms with Crippen molar-refractivity contribution in [2.75, 3.05) is 12.3 Å². The van der Waals surface area contributed by atoms with Crippen LogP contribution in [-0.4, -0.2) is 35.0 Å². The highest BCUT2D eigenvalue weighted by molar-refractivity contribution is 7.92. The van der Waals surface area contributed by atoms with Gasteiger partial charge in [-0.25, -0.2) is 8.42 Å². The Balaban J connectivity index is 2.82. The van der Waals surface area contributed by atoms with Gasteiger partial charge in [0, 0.05) is 12.7 Å². The molecule has 0 saturated carbocycles. The second-order valence-electron chi connectivity index (χ2n) is 3.47. The van der Waals surface area contributed by atoms with Gasteiger partial charge in [0.15, 0.2) is 0 Å². The van der Waals surface area contributed by atoms with Gasteiger partial charge in [0.2, 0.25) is 10.0 Å². The zero-order valence-electron chi connectivity index (χ0n) is 9.54. The molecular weight excluding hydrogens is 258 g/mol. The molecule has 0 atom stereocenters. The molecule has 94 valence electrons. The number of rotatable bonds is 6. The summed E-state index contributed by atoms with van der Waals surface area (Å²) in [5.74, 6) is -0.303. The SMILES string of the molecule is CCN(Cc1ccccn1)S(=O)(=O)CC(N)=S. The lowest BCUT2D eigenvalue weighted by Gasteiger charge is -2.19. The molecule has 0 amide bonds. The topological polar surface area (TPSA) is 76.3 Å². The number of hydrogen-bond acceptors (Lipinski definition) is 4. The summed E-state index contributed by atoms with van der Waals surface area (Å²) in [6.45, 7) is 2.36. The van der Waals surface area contributed by atoms with Crippen LogP contribution in [0.4, 0.5) is 0 Å². The number of pyridine rings is 1. The highest BCUT2D eigenvalue weighted by Gasteiger charge is 2.21. The first-order chi connectivity index (χ1) is 7.95. The molecule has 0 spiro atoms. The Hall–Kier alpha value is -1.05. The normalized spacial score (nSPS) is 11.6. The van der Waals surface area contributed by atoms with Crippen LogP contribution in [0.1, 0.15) is 12.6 Å². The van der Waals surface area contributed by atoms with Crippen LogP contribution in [0.5, 0.6) is 0 Å². The number of thiocarbonyl (C=S) groups is 1. The summed E-state index contributed by atoms with van der Waals surface area (Å²) in [4.78, 5) is 4.07. The second kappa shape index (κ2) is 6.04. The van der Waals surface area contributed by atoms with E-state index in [9.17, 15) is 8.42 Å². The maximum absolute atomic E-state index is 11.9. The summed E-state index contributed by atoms with van der Waals surface area (Å²) < 4.78 is 25.1. The van der Waals surface area contributed by atoms with Crippen molar-refractivity contribution in [1.29, 1.82) is 0 Å². The molecule has 0 aliphatic heterocycles. The molecule has 0 saturated heterocycles. The first kappa shape index (κ1) is 14.0. The van der Waals surface area contributed by atoms with Crippen LogP contribution >= 0.6 is 12.2 Å². The number of hydrogen-bond donors (Lipinski definition) is 1.